The molecule has 0 spiro atoms. The molecule has 2 rings (SSSR count). The van der Waals surface area contributed by atoms with Gasteiger partial charge in [-0.15, -0.1) is 0 Å². The Bertz CT molecular complexity index is 1020. The van der Waals surface area contributed by atoms with Crippen LogP contribution in [0.1, 0.15) is 29.8 Å². The van der Waals surface area contributed by atoms with Gasteiger partial charge in [0.25, 0.3) is 10.0 Å². The Balaban J connectivity index is 2.36. The molecule has 2 aromatic rings. The van der Waals surface area contributed by atoms with Gasteiger partial charge >= 0.3 is 12.1 Å². The number of benzene rings is 2. The van der Waals surface area contributed by atoms with Crippen molar-refractivity contribution in [3.63, 3.8) is 0 Å². The van der Waals surface area contributed by atoms with E-state index in [2.05, 4.69) is 5.32 Å². The molecular formula is C18H17F3N2O5S. The molecule has 0 aliphatic rings. The average molecular weight is 430 g/mol. The van der Waals surface area contributed by atoms with E-state index >= 15 is 0 Å². The lowest BCUT2D eigenvalue weighted by molar-refractivity contribution is -0.136. The summed E-state index contributed by atoms with van der Waals surface area (Å²) in [5, 5.41) is 2.21. The summed E-state index contributed by atoms with van der Waals surface area (Å²) in [5.74, 6) is -1.23. The lowest BCUT2D eigenvalue weighted by Crippen LogP contribution is -2.18. The molecule has 2 aromatic carbocycles. The highest BCUT2D eigenvalue weighted by molar-refractivity contribution is 7.92. The van der Waals surface area contributed by atoms with Crippen molar-refractivity contribution in [1.29, 1.82) is 0 Å². The van der Waals surface area contributed by atoms with Gasteiger partial charge < -0.3 is 10.1 Å². The Hall–Kier alpha value is -3.08. The number of hydrogen-bond acceptors (Lipinski definition) is 5. The molecule has 0 atom stereocenters. The zero-order valence-corrected chi connectivity index (χ0v) is 16.1. The van der Waals surface area contributed by atoms with Gasteiger partial charge in [0.15, 0.2) is 0 Å². The fraction of sp³-hybridized carbons (Fsp3) is 0.222. The molecule has 0 aliphatic heterocycles. The molecule has 0 saturated carbocycles. The molecule has 156 valence electrons. The Morgan fingerprint density at radius 1 is 1.07 bits per heavy atom. The molecular weight excluding hydrogens is 413 g/mol. The second-order valence-electron chi connectivity index (χ2n) is 5.79. The van der Waals surface area contributed by atoms with Crippen LogP contribution in [0, 0.1) is 0 Å². The van der Waals surface area contributed by atoms with Crippen molar-refractivity contribution in [2.45, 2.75) is 24.9 Å². The number of anilines is 2. The van der Waals surface area contributed by atoms with Gasteiger partial charge in [-0.05, 0) is 49.4 Å². The second-order valence-corrected chi connectivity index (χ2v) is 7.47. The normalized spacial score (nSPS) is 11.6. The average Bonchev–Trinajstić information content (AvgIpc) is 2.62. The van der Waals surface area contributed by atoms with E-state index in [1.165, 1.54) is 12.1 Å². The number of amides is 1. The molecule has 0 aromatic heterocycles. The topological polar surface area (TPSA) is 102 Å². The third kappa shape index (κ3) is 5.70. The minimum Gasteiger partial charge on any atom is -0.462 e. The summed E-state index contributed by atoms with van der Waals surface area (Å²) in [6.07, 6.45) is -4.87. The summed E-state index contributed by atoms with van der Waals surface area (Å²) in [7, 11) is -4.38. The lowest BCUT2D eigenvalue weighted by Gasteiger charge is -2.16. The molecule has 7 nitrogen and oxygen atoms in total. The lowest BCUT2D eigenvalue weighted by atomic mass is 10.1. The molecule has 11 heteroatoms. The number of ether oxygens (including phenoxy) is 1. The quantitative estimate of drug-likeness (QED) is 0.682. The first-order valence-corrected chi connectivity index (χ1v) is 9.71. The van der Waals surface area contributed by atoms with E-state index in [-0.39, 0.29) is 22.8 Å². The molecule has 0 bridgehead atoms. The monoisotopic (exact) mass is 430 g/mol. The van der Waals surface area contributed by atoms with E-state index < -0.39 is 39.3 Å². The maximum atomic E-state index is 13.4. The zero-order valence-electron chi connectivity index (χ0n) is 15.3. The smallest absolute Gasteiger partial charge is 0.418 e. The van der Waals surface area contributed by atoms with E-state index in [9.17, 15) is 31.2 Å². The summed E-state index contributed by atoms with van der Waals surface area (Å²) < 4.78 is 71.7. The number of carbonyl (C=O) groups excluding carboxylic acids is 2. The summed E-state index contributed by atoms with van der Waals surface area (Å²) in [5.41, 5.74) is -2.01. The van der Waals surface area contributed by atoms with Crippen LogP contribution in [0.25, 0.3) is 0 Å². The largest absolute Gasteiger partial charge is 0.462 e. The first-order valence-electron chi connectivity index (χ1n) is 8.23. The van der Waals surface area contributed by atoms with E-state index in [1.807, 2.05) is 4.72 Å². The minimum absolute atomic E-state index is 0.0986. The van der Waals surface area contributed by atoms with Crippen molar-refractivity contribution in [1.82, 2.24) is 0 Å². The second kappa shape index (κ2) is 8.52. The van der Waals surface area contributed by atoms with E-state index in [4.69, 9.17) is 4.74 Å². The van der Waals surface area contributed by atoms with Crippen molar-refractivity contribution < 1.29 is 35.9 Å². The number of halogens is 3. The van der Waals surface area contributed by atoms with Crippen LogP contribution >= 0.6 is 0 Å². The van der Waals surface area contributed by atoms with E-state index in [0.29, 0.717) is 6.07 Å². The van der Waals surface area contributed by atoms with Crippen LogP contribution in [0.3, 0.4) is 0 Å². The number of sulfonamides is 1. The van der Waals surface area contributed by atoms with Crippen LogP contribution in [0.4, 0.5) is 24.5 Å². The highest BCUT2D eigenvalue weighted by atomic mass is 32.2. The highest BCUT2D eigenvalue weighted by Crippen LogP contribution is 2.37. The van der Waals surface area contributed by atoms with Gasteiger partial charge in [-0.2, -0.15) is 13.2 Å². The summed E-state index contributed by atoms with van der Waals surface area (Å²) in [6, 6.07) is 7.20. The first-order chi connectivity index (χ1) is 13.4. The maximum Gasteiger partial charge on any atom is 0.418 e. The fourth-order valence-electron chi connectivity index (χ4n) is 2.34. The predicted octanol–water partition coefficient (Wildman–Crippen LogP) is 3.64. The third-order valence-electron chi connectivity index (χ3n) is 3.57. The minimum atomic E-state index is -4.87. The van der Waals surface area contributed by atoms with Crippen molar-refractivity contribution in [2.75, 3.05) is 16.6 Å². The number of alkyl halides is 3. The molecule has 0 heterocycles. The van der Waals surface area contributed by atoms with Crippen LogP contribution in [0.5, 0.6) is 0 Å². The van der Waals surface area contributed by atoms with Gasteiger partial charge in [-0.25, -0.2) is 13.2 Å². The predicted molar refractivity (Wildman–Crippen MR) is 99.0 cm³/mol. The van der Waals surface area contributed by atoms with E-state index in [1.54, 1.807) is 6.92 Å². The molecule has 0 radical (unpaired) electrons. The number of esters is 1. The fourth-order valence-corrected chi connectivity index (χ4v) is 3.42. The number of carbonyl (C=O) groups is 2. The van der Waals surface area contributed by atoms with Crippen molar-refractivity contribution >= 4 is 33.3 Å². The maximum absolute atomic E-state index is 13.4. The number of rotatable bonds is 6. The van der Waals surface area contributed by atoms with Crippen LogP contribution in [-0.2, 0) is 25.7 Å². The van der Waals surface area contributed by atoms with Gasteiger partial charge in [0.05, 0.1) is 28.3 Å². The highest BCUT2D eigenvalue weighted by Gasteiger charge is 2.35. The molecule has 0 fully saturated rings. The van der Waals surface area contributed by atoms with Crippen LogP contribution in [0.15, 0.2) is 47.4 Å². The summed E-state index contributed by atoms with van der Waals surface area (Å²) >= 11 is 0. The Labute approximate surface area is 164 Å². The number of nitrogens with one attached hydrogen (secondary N) is 2. The van der Waals surface area contributed by atoms with Gasteiger partial charge in [0.2, 0.25) is 5.91 Å². The Morgan fingerprint density at radius 3 is 2.21 bits per heavy atom. The molecule has 2 N–H and O–H groups in total. The number of hydrogen-bond donors (Lipinski definition) is 2. The van der Waals surface area contributed by atoms with Crippen molar-refractivity contribution in [3.05, 3.63) is 53.6 Å². The first kappa shape index (κ1) is 22.2. The molecule has 29 heavy (non-hydrogen) atoms. The molecule has 0 unspecified atom stereocenters. The molecule has 1 amide bonds. The standard InChI is InChI=1S/C18H17F3N2O5S/c1-3-28-17(25)12-4-7-14(8-5-12)29(26,27)23-16-9-6-13(22-11(2)24)10-15(16)18(19,20)21/h4-10,23H,3H2,1-2H3,(H,22,24). The molecule has 0 aliphatic carbocycles. The Kier molecular flexibility index (Phi) is 6.52. The van der Waals surface area contributed by atoms with Gasteiger partial charge in [0.1, 0.15) is 0 Å². The van der Waals surface area contributed by atoms with Crippen molar-refractivity contribution in [2.24, 2.45) is 0 Å². The Morgan fingerprint density at radius 2 is 1.69 bits per heavy atom. The van der Waals surface area contributed by atoms with Crippen LogP contribution < -0.4 is 10.0 Å². The van der Waals surface area contributed by atoms with Gasteiger partial charge in [-0.3, -0.25) is 9.52 Å². The van der Waals surface area contributed by atoms with Crippen molar-refractivity contribution in [3.8, 4) is 0 Å². The van der Waals surface area contributed by atoms with Crippen LogP contribution in [0.2, 0.25) is 0 Å². The SMILES string of the molecule is CCOC(=O)c1ccc(S(=O)(=O)Nc2ccc(NC(C)=O)cc2C(F)(F)F)cc1. The molecule has 0 saturated heterocycles. The summed E-state index contributed by atoms with van der Waals surface area (Å²) in [6.45, 7) is 2.87. The van der Waals surface area contributed by atoms with Gasteiger partial charge in [-0.1, -0.05) is 0 Å². The summed E-state index contributed by atoms with van der Waals surface area (Å²) in [4.78, 5) is 22.3. The van der Waals surface area contributed by atoms with Gasteiger partial charge in [0, 0.05) is 12.6 Å². The third-order valence-corrected chi connectivity index (χ3v) is 4.95. The zero-order chi connectivity index (χ0) is 21.8. The van der Waals surface area contributed by atoms with E-state index in [0.717, 1.165) is 31.2 Å². The van der Waals surface area contributed by atoms with Crippen LogP contribution in [-0.4, -0.2) is 26.9 Å².